The number of benzene rings is 1. The number of nitrogens with zero attached hydrogens (tertiary/aromatic N) is 2. The fourth-order valence-electron chi connectivity index (χ4n) is 2.50. The first-order valence-electron chi connectivity index (χ1n) is 7.54. The minimum Gasteiger partial charge on any atom is -0.373 e. The molecule has 21 heavy (non-hydrogen) atoms. The Hall–Kier alpha value is -2.10. The van der Waals surface area contributed by atoms with Gasteiger partial charge in [-0.25, -0.2) is 9.97 Å². The zero-order valence-corrected chi connectivity index (χ0v) is 13.3. The molecule has 0 unspecified atom stereocenters. The van der Waals surface area contributed by atoms with E-state index in [1.54, 1.807) is 6.33 Å². The van der Waals surface area contributed by atoms with Gasteiger partial charge in [-0.15, -0.1) is 0 Å². The second-order valence-corrected chi connectivity index (χ2v) is 5.42. The van der Waals surface area contributed by atoms with Gasteiger partial charge in [-0.3, -0.25) is 0 Å². The normalized spacial score (nSPS) is 10.7. The van der Waals surface area contributed by atoms with E-state index in [0.29, 0.717) is 5.92 Å². The van der Waals surface area contributed by atoms with Crippen LogP contribution in [0.15, 0.2) is 30.6 Å². The second kappa shape index (κ2) is 7.07. The van der Waals surface area contributed by atoms with Gasteiger partial charge >= 0.3 is 0 Å². The van der Waals surface area contributed by atoms with E-state index < -0.39 is 0 Å². The monoisotopic (exact) mass is 284 g/mol. The molecule has 1 aromatic carbocycles. The third kappa shape index (κ3) is 3.51. The highest BCUT2D eigenvalue weighted by Crippen LogP contribution is 2.31. The van der Waals surface area contributed by atoms with Crippen molar-refractivity contribution in [1.29, 1.82) is 0 Å². The van der Waals surface area contributed by atoms with Crippen LogP contribution < -0.4 is 10.6 Å². The SMILES string of the molecule is CCCc1ccccc1Nc1ncnc(NC)c1C(C)C. The van der Waals surface area contributed by atoms with Crippen molar-refractivity contribution in [3.8, 4) is 0 Å². The fourth-order valence-corrected chi connectivity index (χ4v) is 2.50. The summed E-state index contributed by atoms with van der Waals surface area (Å²) in [6, 6.07) is 8.41. The van der Waals surface area contributed by atoms with Gasteiger partial charge < -0.3 is 10.6 Å². The lowest BCUT2D eigenvalue weighted by molar-refractivity contribution is 0.851. The van der Waals surface area contributed by atoms with Gasteiger partial charge in [0.1, 0.15) is 18.0 Å². The molecule has 112 valence electrons. The quantitative estimate of drug-likeness (QED) is 0.828. The molecule has 0 aliphatic heterocycles. The first-order valence-corrected chi connectivity index (χ1v) is 7.54. The average molecular weight is 284 g/mol. The van der Waals surface area contributed by atoms with E-state index in [2.05, 4.69) is 65.6 Å². The van der Waals surface area contributed by atoms with E-state index in [4.69, 9.17) is 0 Å². The third-order valence-electron chi connectivity index (χ3n) is 3.49. The van der Waals surface area contributed by atoms with Gasteiger partial charge in [0.15, 0.2) is 0 Å². The summed E-state index contributed by atoms with van der Waals surface area (Å²) in [6.45, 7) is 6.51. The number of aryl methyl sites for hydroxylation is 1. The van der Waals surface area contributed by atoms with Gasteiger partial charge in [0.2, 0.25) is 0 Å². The van der Waals surface area contributed by atoms with E-state index >= 15 is 0 Å². The van der Waals surface area contributed by atoms with Crippen LogP contribution in [0.4, 0.5) is 17.3 Å². The number of hydrogen-bond acceptors (Lipinski definition) is 4. The molecule has 2 aromatic rings. The highest BCUT2D eigenvalue weighted by Gasteiger charge is 2.15. The van der Waals surface area contributed by atoms with Gasteiger partial charge in [-0.2, -0.15) is 0 Å². The Bertz CT molecular complexity index is 593. The molecule has 0 fully saturated rings. The zero-order valence-electron chi connectivity index (χ0n) is 13.3. The van der Waals surface area contributed by atoms with Crippen LogP contribution in [0.3, 0.4) is 0 Å². The molecule has 0 spiro atoms. The first kappa shape index (κ1) is 15.3. The summed E-state index contributed by atoms with van der Waals surface area (Å²) < 4.78 is 0. The number of anilines is 3. The molecule has 0 amide bonds. The van der Waals surface area contributed by atoms with E-state index in [-0.39, 0.29) is 0 Å². The summed E-state index contributed by atoms with van der Waals surface area (Å²) in [6.07, 6.45) is 3.79. The summed E-state index contributed by atoms with van der Waals surface area (Å²) in [4.78, 5) is 8.76. The summed E-state index contributed by atoms with van der Waals surface area (Å²) >= 11 is 0. The Labute approximate surface area is 127 Å². The van der Waals surface area contributed by atoms with Crippen molar-refractivity contribution in [2.75, 3.05) is 17.7 Å². The molecule has 0 aliphatic carbocycles. The van der Waals surface area contributed by atoms with Crippen LogP contribution in [-0.4, -0.2) is 17.0 Å². The van der Waals surface area contributed by atoms with E-state index in [1.807, 2.05) is 7.05 Å². The van der Waals surface area contributed by atoms with Crippen molar-refractivity contribution in [3.63, 3.8) is 0 Å². The average Bonchev–Trinajstić information content (AvgIpc) is 2.49. The van der Waals surface area contributed by atoms with Gasteiger partial charge in [-0.1, -0.05) is 45.4 Å². The minimum atomic E-state index is 0.342. The fraction of sp³-hybridized carbons (Fsp3) is 0.412. The Morgan fingerprint density at radius 1 is 1.10 bits per heavy atom. The number of aromatic nitrogens is 2. The maximum atomic E-state index is 4.44. The summed E-state index contributed by atoms with van der Waals surface area (Å²) in [5.41, 5.74) is 3.56. The van der Waals surface area contributed by atoms with Crippen LogP contribution in [-0.2, 0) is 6.42 Å². The molecule has 0 saturated carbocycles. The van der Waals surface area contributed by atoms with Crippen LogP contribution in [0, 0.1) is 0 Å². The molecule has 4 nitrogen and oxygen atoms in total. The van der Waals surface area contributed by atoms with Crippen molar-refractivity contribution in [3.05, 3.63) is 41.7 Å². The molecule has 0 bridgehead atoms. The zero-order chi connectivity index (χ0) is 15.2. The van der Waals surface area contributed by atoms with Crippen molar-refractivity contribution in [1.82, 2.24) is 9.97 Å². The number of hydrogen-bond donors (Lipinski definition) is 2. The maximum Gasteiger partial charge on any atom is 0.139 e. The molecule has 1 aromatic heterocycles. The third-order valence-corrected chi connectivity index (χ3v) is 3.49. The van der Waals surface area contributed by atoms with Crippen LogP contribution in [0.2, 0.25) is 0 Å². The molecule has 2 rings (SSSR count). The highest BCUT2D eigenvalue weighted by atomic mass is 15.1. The Morgan fingerprint density at radius 3 is 2.48 bits per heavy atom. The Kier molecular flexibility index (Phi) is 5.14. The second-order valence-electron chi connectivity index (χ2n) is 5.42. The predicted molar refractivity (Wildman–Crippen MR) is 89.4 cm³/mol. The summed E-state index contributed by atoms with van der Waals surface area (Å²) in [5, 5.41) is 6.64. The molecule has 2 N–H and O–H groups in total. The van der Waals surface area contributed by atoms with E-state index in [1.165, 1.54) is 5.56 Å². The standard InChI is InChI=1S/C17H24N4/c1-5-8-13-9-6-7-10-14(13)21-17-15(12(2)3)16(18-4)19-11-20-17/h6-7,9-12H,5,8H2,1-4H3,(H2,18,19,20,21). The van der Waals surface area contributed by atoms with Gasteiger partial charge in [-0.05, 0) is 24.0 Å². The lowest BCUT2D eigenvalue weighted by atomic mass is 10.0. The molecular formula is C17H24N4. The van der Waals surface area contributed by atoms with Crippen molar-refractivity contribution >= 4 is 17.3 Å². The maximum absolute atomic E-state index is 4.44. The largest absolute Gasteiger partial charge is 0.373 e. The lowest BCUT2D eigenvalue weighted by Crippen LogP contribution is -2.07. The van der Waals surface area contributed by atoms with Crippen LogP contribution in [0.5, 0.6) is 0 Å². The molecule has 0 atom stereocenters. The number of nitrogens with one attached hydrogen (secondary N) is 2. The lowest BCUT2D eigenvalue weighted by Gasteiger charge is -2.18. The minimum absolute atomic E-state index is 0.342. The van der Waals surface area contributed by atoms with Gasteiger partial charge in [0.05, 0.1) is 0 Å². The van der Waals surface area contributed by atoms with Crippen LogP contribution in [0.25, 0.3) is 0 Å². The highest BCUT2D eigenvalue weighted by molar-refractivity contribution is 5.67. The van der Waals surface area contributed by atoms with Crippen molar-refractivity contribution in [2.24, 2.45) is 0 Å². The molecule has 1 heterocycles. The Balaban J connectivity index is 2.40. The Morgan fingerprint density at radius 2 is 1.81 bits per heavy atom. The van der Waals surface area contributed by atoms with Crippen LogP contribution in [0.1, 0.15) is 44.2 Å². The molecule has 4 heteroatoms. The number of para-hydroxylation sites is 1. The van der Waals surface area contributed by atoms with Crippen LogP contribution >= 0.6 is 0 Å². The van der Waals surface area contributed by atoms with E-state index in [9.17, 15) is 0 Å². The summed E-state index contributed by atoms with van der Waals surface area (Å²) in [7, 11) is 1.89. The van der Waals surface area contributed by atoms with Gasteiger partial charge in [0.25, 0.3) is 0 Å². The van der Waals surface area contributed by atoms with E-state index in [0.717, 1.165) is 35.7 Å². The topological polar surface area (TPSA) is 49.8 Å². The van der Waals surface area contributed by atoms with Crippen molar-refractivity contribution < 1.29 is 0 Å². The van der Waals surface area contributed by atoms with Crippen molar-refractivity contribution in [2.45, 2.75) is 39.5 Å². The summed E-state index contributed by atoms with van der Waals surface area (Å²) in [5.74, 6) is 2.11. The van der Waals surface area contributed by atoms with Gasteiger partial charge in [0, 0.05) is 18.3 Å². The number of rotatable bonds is 6. The first-order chi connectivity index (χ1) is 10.2. The molecular weight excluding hydrogens is 260 g/mol. The molecule has 0 aliphatic rings. The smallest absolute Gasteiger partial charge is 0.139 e. The predicted octanol–water partition coefficient (Wildman–Crippen LogP) is 4.34. The molecule has 0 saturated heterocycles. The molecule has 0 radical (unpaired) electrons.